The number of nitrogens with zero attached hydrogens (tertiary/aromatic N) is 1. The van der Waals surface area contributed by atoms with Crippen molar-refractivity contribution in [3.05, 3.63) is 113 Å². The van der Waals surface area contributed by atoms with Gasteiger partial charge in [-0.2, -0.15) is 0 Å². The van der Waals surface area contributed by atoms with Gasteiger partial charge in [0.1, 0.15) is 30.0 Å². The van der Waals surface area contributed by atoms with Gasteiger partial charge in [-0.3, -0.25) is 19.2 Å². The fourth-order valence-electron chi connectivity index (χ4n) is 8.29. The Balaban J connectivity index is 1.36. The highest BCUT2D eigenvalue weighted by atomic mass is 16.7. The summed E-state index contributed by atoms with van der Waals surface area (Å²) in [7, 11) is 1.46. The number of ether oxygens (including phenoxy) is 7. The molecule has 2 saturated heterocycles. The molecule has 2 amide bonds. The minimum Gasteiger partial charge on any atom is -0.453 e. The van der Waals surface area contributed by atoms with Gasteiger partial charge in [-0.25, -0.2) is 9.69 Å². The second-order valence-corrected chi connectivity index (χ2v) is 16.9. The summed E-state index contributed by atoms with van der Waals surface area (Å²) < 4.78 is 42.2. The number of hydrogen-bond donors (Lipinski definition) is 1. The molecule has 14 nitrogen and oxygen atoms in total. The monoisotopic (exact) mass is 871 g/mol. The fraction of sp³-hybridized carbons (Fsp3) is 0.490. The Morgan fingerprint density at radius 2 is 1.48 bits per heavy atom. The molecule has 1 N–H and O–H groups in total. The van der Waals surface area contributed by atoms with Crippen LogP contribution in [-0.2, 0) is 65.5 Å². The van der Waals surface area contributed by atoms with E-state index >= 15 is 0 Å². The first-order valence-electron chi connectivity index (χ1n) is 21.4. The van der Waals surface area contributed by atoms with Crippen LogP contribution in [0.15, 0.2) is 91.0 Å². The first-order valence-corrected chi connectivity index (χ1v) is 21.4. The van der Waals surface area contributed by atoms with Gasteiger partial charge < -0.3 is 38.3 Å². The van der Waals surface area contributed by atoms with Gasteiger partial charge in [0, 0.05) is 32.6 Å². The second kappa shape index (κ2) is 22.5. The summed E-state index contributed by atoms with van der Waals surface area (Å²) in [6.07, 6.45) is -5.42. The molecule has 63 heavy (non-hydrogen) atoms. The average molecular weight is 872 g/mol. The van der Waals surface area contributed by atoms with Crippen LogP contribution in [0.4, 0.5) is 4.79 Å². The van der Waals surface area contributed by atoms with Crippen LogP contribution in [0.25, 0.3) is 5.57 Å². The lowest BCUT2D eigenvalue weighted by Gasteiger charge is -2.45. The van der Waals surface area contributed by atoms with E-state index < -0.39 is 83.9 Å². The van der Waals surface area contributed by atoms with Gasteiger partial charge >= 0.3 is 12.1 Å². The Kier molecular flexibility index (Phi) is 17.5. The molecule has 8 atom stereocenters. The summed E-state index contributed by atoms with van der Waals surface area (Å²) in [6, 6.07) is 25.6. The number of aliphatic hydroxyl groups excluding tert-OH is 1. The van der Waals surface area contributed by atoms with E-state index in [1.165, 1.54) is 14.0 Å². The lowest BCUT2D eigenvalue weighted by atomic mass is 9.87. The van der Waals surface area contributed by atoms with Gasteiger partial charge in [0.25, 0.3) is 0 Å². The van der Waals surface area contributed by atoms with Gasteiger partial charge in [0.2, 0.25) is 5.91 Å². The third kappa shape index (κ3) is 12.6. The number of ketones is 2. The van der Waals surface area contributed by atoms with Gasteiger partial charge in [-0.15, -0.1) is 0 Å². The molecule has 5 rings (SSSR count). The van der Waals surface area contributed by atoms with Crippen molar-refractivity contribution in [3.8, 4) is 0 Å². The van der Waals surface area contributed by atoms with Crippen LogP contribution in [0.1, 0.15) is 76.6 Å². The summed E-state index contributed by atoms with van der Waals surface area (Å²) in [4.78, 5) is 68.8. The predicted octanol–water partition coefficient (Wildman–Crippen LogP) is 6.57. The van der Waals surface area contributed by atoms with E-state index in [9.17, 15) is 29.1 Å². The van der Waals surface area contributed by atoms with E-state index in [-0.39, 0.29) is 50.8 Å². The number of amides is 2. The normalized spacial score (nSPS) is 23.2. The standard InChI is InChI=1S/C49H61NO13/c1-30(2)45-49(6,7)63-48(56)50(45)46(55)32(4)41(61-33(5)52)39(54)26-37(36-22-15-17-31(3)25-36)38(53)23-16-24-58-44-43(60-29-35-20-13-10-14-21-35)42(40(27-51)62-47(44)57-8)59-28-34-18-11-9-12-19-34/h9-15,17-22,25-26,30,32,40-45,47,51H,16,23-24,27-29H2,1-8H3/t32-,40+,41-,42+,43-,44-,45-,47-/m0/s1. The number of rotatable bonds is 21. The number of carbonyl (C=O) groups excluding carboxylic acids is 5. The smallest absolute Gasteiger partial charge is 0.417 e. The van der Waals surface area contributed by atoms with Crippen molar-refractivity contribution >= 4 is 35.1 Å². The van der Waals surface area contributed by atoms with Crippen molar-refractivity contribution in [3.63, 3.8) is 0 Å². The molecular weight excluding hydrogens is 811 g/mol. The molecule has 340 valence electrons. The number of hydrogen-bond acceptors (Lipinski definition) is 13. The molecule has 2 aliphatic rings. The number of carbonyl (C=O) groups is 5. The number of cyclic esters (lactones) is 1. The van der Waals surface area contributed by atoms with Crippen LogP contribution in [0.2, 0.25) is 0 Å². The van der Waals surface area contributed by atoms with Gasteiger partial charge in [-0.1, -0.05) is 104 Å². The molecule has 3 aromatic rings. The second-order valence-electron chi connectivity index (χ2n) is 16.9. The van der Waals surface area contributed by atoms with Gasteiger partial charge in [0.05, 0.1) is 31.8 Å². The Labute approximate surface area is 369 Å². The third-order valence-electron chi connectivity index (χ3n) is 11.2. The van der Waals surface area contributed by atoms with E-state index in [1.807, 2.05) is 87.5 Å². The predicted molar refractivity (Wildman–Crippen MR) is 232 cm³/mol. The van der Waals surface area contributed by atoms with E-state index in [4.69, 9.17) is 33.2 Å². The molecule has 14 heteroatoms. The van der Waals surface area contributed by atoms with E-state index in [2.05, 4.69) is 0 Å². The summed E-state index contributed by atoms with van der Waals surface area (Å²) >= 11 is 0. The maximum atomic E-state index is 14.2. The molecule has 0 aromatic heterocycles. The molecule has 0 radical (unpaired) electrons. The topological polar surface area (TPSA) is 173 Å². The first-order chi connectivity index (χ1) is 30.1. The third-order valence-corrected chi connectivity index (χ3v) is 11.2. The van der Waals surface area contributed by atoms with Crippen LogP contribution >= 0.6 is 0 Å². The van der Waals surface area contributed by atoms with Crippen LogP contribution < -0.4 is 0 Å². The molecular formula is C49H61NO13. The molecule has 0 bridgehead atoms. The lowest BCUT2D eigenvalue weighted by Crippen LogP contribution is -2.61. The van der Waals surface area contributed by atoms with Crippen molar-refractivity contribution in [1.82, 2.24) is 4.90 Å². The van der Waals surface area contributed by atoms with Crippen molar-refractivity contribution in [2.75, 3.05) is 20.3 Å². The van der Waals surface area contributed by atoms with Gasteiger partial charge in [-0.05, 0) is 62.8 Å². The zero-order chi connectivity index (χ0) is 45.8. The van der Waals surface area contributed by atoms with Crippen molar-refractivity contribution in [1.29, 1.82) is 0 Å². The minimum absolute atomic E-state index is 0.0377. The summed E-state index contributed by atoms with van der Waals surface area (Å²) in [5, 5.41) is 10.4. The molecule has 3 aromatic carbocycles. The lowest BCUT2D eigenvalue weighted by molar-refractivity contribution is -0.319. The highest BCUT2D eigenvalue weighted by Crippen LogP contribution is 2.36. The Morgan fingerprint density at radius 3 is 2.03 bits per heavy atom. The first kappa shape index (κ1) is 48.9. The minimum atomic E-state index is -1.65. The molecule has 2 heterocycles. The molecule has 0 saturated carbocycles. The Morgan fingerprint density at radius 1 is 0.857 bits per heavy atom. The number of esters is 1. The molecule has 2 aliphatic heterocycles. The number of Topliss-reactive ketones (excluding diaryl/α,β-unsaturated/α-hetero) is 1. The van der Waals surface area contributed by atoms with Crippen LogP contribution in [0, 0.1) is 18.8 Å². The number of methoxy groups -OCH3 is 1. The van der Waals surface area contributed by atoms with E-state index in [1.54, 1.807) is 32.0 Å². The fourth-order valence-corrected chi connectivity index (χ4v) is 8.29. The number of benzene rings is 3. The zero-order valence-electron chi connectivity index (χ0n) is 37.4. The number of aryl methyl sites for hydroxylation is 1. The van der Waals surface area contributed by atoms with Crippen LogP contribution in [0.5, 0.6) is 0 Å². The maximum Gasteiger partial charge on any atom is 0.417 e. The Hall–Kier alpha value is -5.09. The average Bonchev–Trinajstić information content (AvgIpc) is 3.51. The largest absolute Gasteiger partial charge is 0.453 e. The molecule has 0 spiro atoms. The molecule has 2 fully saturated rings. The SMILES string of the molecule is CO[C@H]1O[C@H](CO)[C@@H](OCc2ccccc2)[C@H](OCc2ccccc2)[C@@H]1OCCCC(=O)C(=CC(=O)[C@@H](OC(C)=O)[C@H](C)C(=O)N1C(=O)OC(C)(C)[C@@H]1C(C)C)c1cccc(C)c1. The van der Waals surface area contributed by atoms with Crippen LogP contribution in [-0.4, -0.2) is 108 Å². The van der Waals surface area contributed by atoms with Crippen molar-refractivity contribution in [2.45, 2.75) is 123 Å². The van der Waals surface area contributed by atoms with Gasteiger partial charge in [0.15, 0.2) is 24.0 Å². The number of aliphatic hydroxyl groups is 1. The quantitative estimate of drug-likeness (QED) is 0.0693. The summed E-state index contributed by atoms with van der Waals surface area (Å²) in [5.74, 6) is -4.28. The summed E-state index contributed by atoms with van der Waals surface area (Å²) in [6.45, 7) is 11.6. The Bertz CT molecular complexity index is 2050. The highest BCUT2D eigenvalue weighted by Gasteiger charge is 2.54. The van der Waals surface area contributed by atoms with Crippen LogP contribution in [0.3, 0.4) is 0 Å². The summed E-state index contributed by atoms with van der Waals surface area (Å²) in [5.41, 5.74) is 2.14. The van der Waals surface area contributed by atoms with E-state index in [0.717, 1.165) is 34.6 Å². The maximum absolute atomic E-state index is 14.2. The number of allylic oxidation sites excluding steroid dienone is 1. The van der Waals surface area contributed by atoms with Crippen molar-refractivity contribution in [2.24, 2.45) is 11.8 Å². The van der Waals surface area contributed by atoms with Crippen molar-refractivity contribution < 1.29 is 62.2 Å². The zero-order valence-corrected chi connectivity index (χ0v) is 37.4. The van der Waals surface area contributed by atoms with E-state index in [0.29, 0.717) is 5.56 Å². The number of imide groups is 1. The highest BCUT2D eigenvalue weighted by molar-refractivity contribution is 6.25. The molecule has 0 aliphatic carbocycles. The molecule has 0 unspecified atom stereocenters.